The molecule has 0 saturated heterocycles. The Labute approximate surface area is 109 Å². The molecule has 0 aromatic heterocycles. The van der Waals surface area contributed by atoms with Crippen LogP contribution in [0.4, 0.5) is 8.78 Å². The van der Waals surface area contributed by atoms with E-state index in [1.165, 1.54) is 7.11 Å². The number of carbonyl (C=O) groups excluding carboxylic acids is 1. The summed E-state index contributed by atoms with van der Waals surface area (Å²) >= 11 is 5.59. The molecule has 6 heteroatoms. The predicted octanol–water partition coefficient (Wildman–Crippen LogP) is 2.34. The molecular weight excluding hydrogens is 264 g/mol. The molecule has 3 nitrogen and oxygen atoms in total. The molecule has 0 saturated carbocycles. The lowest BCUT2D eigenvalue weighted by Crippen LogP contribution is -2.38. The minimum atomic E-state index is -0.791. The van der Waals surface area contributed by atoms with Crippen molar-refractivity contribution >= 4 is 17.5 Å². The maximum atomic E-state index is 13.0. The summed E-state index contributed by atoms with van der Waals surface area (Å²) in [7, 11) is 1.50. The molecule has 0 aliphatic carbocycles. The first-order valence-corrected chi connectivity index (χ1v) is 5.92. The number of carbonyl (C=O) groups is 1. The number of hydrogen-bond donors (Lipinski definition) is 1. The summed E-state index contributed by atoms with van der Waals surface area (Å²) in [5.74, 6) is -1.78. The van der Waals surface area contributed by atoms with Gasteiger partial charge in [0.25, 0.3) is 5.91 Å². The molecule has 1 N–H and O–H groups in total. The van der Waals surface area contributed by atoms with Gasteiger partial charge in [-0.1, -0.05) is 0 Å². The highest BCUT2D eigenvalue weighted by atomic mass is 35.5. The topological polar surface area (TPSA) is 38.3 Å². The van der Waals surface area contributed by atoms with Crippen LogP contribution in [0, 0.1) is 11.6 Å². The Balaban J connectivity index is 2.73. The van der Waals surface area contributed by atoms with E-state index in [0.717, 1.165) is 12.1 Å². The highest BCUT2D eigenvalue weighted by Crippen LogP contribution is 2.08. The zero-order chi connectivity index (χ0) is 13.5. The van der Waals surface area contributed by atoms with Gasteiger partial charge in [-0.25, -0.2) is 8.78 Å². The highest BCUT2D eigenvalue weighted by Gasteiger charge is 2.14. The fourth-order valence-electron chi connectivity index (χ4n) is 1.48. The molecule has 0 aliphatic rings. The number of rotatable bonds is 6. The SMILES string of the molecule is COCC(CCCl)NC(=O)c1cc(F)cc(F)c1. The summed E-state index contributed by atoms with van der Waals surface area (Å²) in [5, 5.41) is 2.61. The van der Waals surface area contributed by atoms with Crippen molar-refractivity contribution in [2.24, 2.45) is 0 Å². The molecule has 0 bridgehead atoms. The van der Waals surface area contributed by atoms with Crippen molar-refractivity contribution in [1.82, 2.24) is 5.32 Å². The Hall–Kier alpha value is -1.20. The molecule has 1 aromatic rings. The standard InChI is InChI=1S/C12H14ClF2NO2/c1-18-7-11(2-3-13)16-12(17)8-4-9(14)6-10(15)5-8/h4-6,11H,2-3,7H2,1H3,(H,16,17). The van der Waals surface area contributed by atoms with E-state index >= 15 is 0 Å². The lowest BCUT2D eigenvalue weighted by molar-refractivity contribution is 0.0894. The molecular formula is C12H14ClF2NO2. The van der Waals surface area contributed by atoms with Gasteiger partial charge in [0.05, 0.1) is 12.6 Å². The zero-order valence-corrected chi connectivity index (χ0v) is 10.6. The molecule has 18 heavy (non-hydrogen) atoms. The average molecular weight is 278 g/mol. The van der Waals surface area contributed by atoms with Crippen molar-refractivity contribution in [3.8, 4) is 0 Å². The van der Waals surface area contributed by atoms with E-state index < -0.39 is 17.5 Å². The number of alkyl halides is 1. The van der Waals surface area contributed by atoms with E-state index in [9.17, 15) is 13.6 Å². The van der Waals surface area contributed by atoms with Gasteiger partial charge in [-0.3, -0.25) is 4.79 Å². The molecule has 1 rings (SSSR count). The number of ether oxygens (including phenoxy) is 1. The summed E-state index contributed by atoms with van der Waals surface area (Å²) < 4.78 is 30.8. The van der Waals surface area contributed by atoms with Crippen LogP contribution < -0.4 is 5.32 Å². The van der Waals surface area contributed by atoms with Crippen LogP contribution in [0.2, 0.25) is 0 Å². The molecule has 100 valence electrons. The van der Waals surface area contributed by atoms with E-state index in [-0.39, 0.29) is 18.2 Å². The normalized spacial score (nSPS) is 12.2. The van der Waals surface area contributed by atoms with E-state index in [1.54, 1.807) is 0 Å². The van der Waals surface area contributed by atoms with E-state index in [2.05, 4.69) is 5.32 Å². The molecule has 1 unspecified atom stereocenters. The molecule has 0 radical (unpaired) electrons. The lowest BCUT2D eigenvalue weighted by atomic mass is 10.1. The summed E-state index contributed by atoms with van der Waals surface area (Å²) in [4.78, 5) is 11.8. The lowest BCUT2D eigenvalue weighted by Gasteiger charge is -2.16. The monoisotopic (exact) mass is 277 g/mol. The molecule has 1 atom stereocenters. The number of amides is 1. The summed E-state index contributed by atoms with van der Waals surface area (Å²) in [6, 6.07) is 2.38. The maximum absolute atomic E-state index is 13.0. The number of hydrogen-bond acceptors (Lipinski definition) is 2. The number of halogens is 3. The van der Waals surface area contributed by atoms with Crippen LogP contribution in [0.1, 0.15) is 16.8 Å². The van der Waals surface area contributed by atoms with Gasteiger partial charge in [-0.05, 0) is 18.6 Å². The minimum Gasteiger partial charge on any atom is -0.383 e. The van der Waals surface area contributed by atoms with Gasteiger partial charge in [0.2, 0.25) is 0 Å². The van der Waals surface area contributed by atoms with Crippen LogP contribution in [-0.2, 0) is 4.74 Å². The van der Waals surface area contributed by atoms with Crippen LogP contribution in [-0.4, -0.2) is 31.5 Å². The zero-order valence-electron chi connectivity index (χ0n) is 9.88. The van der Waals surface area contributed by atoms with Gasteiger partial charge in [-0.2, -0.15) is 0 Å². The second-order valence-electron chi connectivity index (χ2n) is 3.76. The van der Waals surface area contributed by atoms with Crippen molar-refractivity contribution in [1.29, 1.82) is 0 Å². The van der Waals surface area contributed by atoms with Crippen LogP contribution in [0.5, 0.6) is 0 Å². The first kappa shape index (κ1) is 14.9. The number of methoxy groups -OCH3 is 1. The van der Waals surface area contributed by atoms with Gasteiger partial charge in [0.1, 0.15) is 11.6 Å². The van der Waals surface area contributed by atoms with Crippen molar-refractivity contribution in [3.63, 3.8) is 0 Å². The Bertz CT molecular complexity index is 389. The third-order valence-electron chi connectivity index (χ3n) is 2.29. The second-order valence-corrected chi connectivity index (χ2v) is 4.14. The summed E-state index contributed by atoms with van der Waals surface area (Å²) in [6.45, 7) is 0.288. The molecule has 1 aromatic carbocycles. The Morgan fingerprint density at radius 1 is 1.39 bits per heavy atom. The first-order valence-electron chi connectivity index (χ1n) is 5.38. The molecule has 1 amide bonds. The molecule has 0 aliphatic heterocycles. The van der Waals surface area contributed by atoms with Crippen LogP contribution in [0.15, 0.2) is 18.2 Å². The summed E-state index contributed by atoms with van der Waals surface area (Å²) in [5.41, 5.74) is -0.0665. The molecule has 0 spiro atoms. The van der Waals surface area contributed by atoms with E-state index in [0.29, 0.717) is 18.4 Å². The van der Waals surface area contributed by atoms with Crippen molar-refractivity contribution in [2.75, 3.05) is 19.6 Å². The molecule has 0 heterocycles. The number of nitrogens with one attached hydrogen (secondary N) is 1. The summed E-state index contributed by atoms with van der Waals surface area (Å²) in [6.07, 6.45) is 0.513. The van der Waals surface area contributed by atoms with Crippen molar-refractivity contribution in [3.05, 3.63) is 35.4 Å². The minimum absolute atomic E-state index is 0.0665. The Kier molecular flexibility index (Phi) is 6.01. The Morgan fingerprint density at radius 2 is 2.00 bits per heavy atom. The third-order valence-corrected chi connectivity index (χ3v) is 2.50. The van der Waals surface area contributed by atoms with Gasteiger partial charge >= 0.3 is 0 Å². The van der Waals surface area contributed by atoms with Crippen molar-refractivity contribution in [2.45, 2.75) is 12.5 Å². The third kappa shape index (κ3) is 4.58. The molecule has 0 fully saturated rings. The second kappa shape index (κ2) is 7.28. The van der Waals surface area contributed by atoms with Gasteiger partial charge < -0.3 is 10.1 Å². The van der Waals surface area contributed by atoms with Gasteiger partial charge in [0, 0.05) is 24.6 Å². The fourth-order valence-corrected chi connectivity index (χ4v) is 1.75. The smallest absolute Gasteiger partial charge is 0.251 e. The quantitative estimate of drug-likeness (QED) is 0.811. The first-order chi connectivity index (χ1) is 8.56. The largest absolute Gasteiger partial charge is 0.383 e. The van der Waals surface area contributed by atoms with Crippen LogP contribution in [0.3, 0.4) is 0 Å². The fraction of sp³-hybridized carbons (Fsp3) is 0.417. The van der Waals surface area contributed by atoms with Crippen molar-refractivity contribution < 1.29 is 18.3 Å². The highest BCUT2D eigenvalue weighted by molar-refractivity contribution is 6.17. The predicted molar refractivity (Wildman–Crippen MR) is 64.8 cm³/mol. The van der Waals surface area contributed by atoms with Gasteiger partial charge in [-0.15, -0.1) is 11.6 Å². The van der Waals surface area contributed by atoms with E-state index in [4.69, 9.17) is 16.3 Å². The Morgan fingerprint density at radius 3 is 2.50 bits per heavy atom. The van der Waals surface area contributed by atoms with E-state index in [1.807, 2.05) is 0 Å². The average Bonchev–Trinajstić information content (AvgIpc) is 2.28. The van der Waals surface area contributed by atoms with Gasteiger partial charge in [0.15, 0.2) is 0 Å². The number of benzene rings is 1. The van der Waals surface area contributed by atoms with Crippen LogP contribution >= 0.6 is 11.6 Å². The van der Waals surface area contributed by atoms with Crippen LogP contribution in [0.25, 0.3) is 0 Å². The maximum Gasteiger partial charge on any atom is 0.251 e.